The van der Waals surface area contributed by atoms with Crippen molar-refractivity contribution in [3.8, 4) is 0 Å². The molecule has 1 aliphatic rings. The van der Waals surface area contributed by atoms with Crippen molar-refractivity contribution in [3.63, 3.8) is 0 Å². The molecule has 0 aliphatic carbocycles. The molecule has 4 rings (SSSR count). The second kappa shape index (κ2) is 10.4. The number of fused-ring (bicyclic) bond motifs is 6. The summed E-state index contributed by atoms with van der Waals surface area (Å²) in [5, 5.41) is 12.8. The predicted octanol–water partition coefficient (Wildman–Crippen LogP) is 2.43. The highest BCUT2D eigenvalue weighted by Crippen LogP contribution is 2.25. The smallest absolute Gasteiger partial charge is 0.274 e. The third-order valence-electron chi connectivity index (χ3n) is 5.27. The van der Waals surface area contributed by atoms with Crippen molar-refractivity contribution in [2.24, 2.45) is 0 Å². The Morgan fingerprint density at radius 1 is 0.943 bits per heavy atom. The highest BCUT2D eigenvalue weighted by atomic mass is 32.2. The van der Waals surface area contributed by atoms with Crippen LogP contribution in [0.2, 0.25) is 0 Å². The largest absolute Gasteiger partial charge is 0.617 e. The van der Waals surface area contributed by atoms with E-state index in [-0.39, 0.29) is 23.0 Å². The number of nitrogens with zero attached hydrogens (tertiary/aromatic N) is 3. The molecule has 186 valence electrons. The molecule has 0 fully saturated rings. The second-order valence-corrected chi connectivity index (χ2v) is 11.4. The first-order valence-electron chi connectivity index (χ1n) is 10.7. The summed E-state index contributed by atoms with van der Waals surface area (Å²) in [5.41, 5.74) is 0.467. The van der Waals surface area contributed by atoms with Crippen molar-refractivity contribution in [2.75, 3.05) is 12.0 Å². The number of nitrogens with one attached hydrogen (secondary N) is 3. The van der Waals surface area contributed by atoms with Crippen molar-refractivity contribution in [2.45, 2.75) is 45.3 Å². The summed E-state index contributed by atoms with van der Waals surface area (Å²) in [6.45, 7) is 5.07. The van der Waals surface area contributed by atoms with Gasteiger partial charge in [-0.05, 0) is 20.8 Å². The number of hydrogen-bond acceptors (Lipinski definition) is 10. The van der Waals surface area contributed by atoms with Gasteiger partial charge in [-0.25, -0.2) is 15.0 Å². The Morgan fingerprint density at radius 2 is 1.54 bits per heavy atom. The Balaban J connectivity index is 1.71. The molecule has 3 aromatic rings. The Bertz CT molecular complexity index is 1250. The average Bonchev–Trinajstić information content (AvgIpc) is 3.55. The van der Waals surface area contributed by atoms with Gasteiger partial charge < -0.3 is 24.9 Å². The monoisotopic (exact) mass is 536 g/mol. The van der Waals surface area contributed by atoms with E-state index in [1.807, 2.05) is 0 Å². The molecular formula is C21H24N6O5S3. The van der Waals surface area contributed by atoms with E-state index in [0.29, 0.717) is 27.9 Å². The Hall–Kier alpha value is -2.81. The van der Waals surface area contributed by atoms with Crippen LogP contribution in [-0.2, 0) is 11.2 Å². The molecule has 35 heavy (non-hydrogen) atoms. The molecule has 0 saturated carbocycles. The van der Waals surface area contributed by atoms with Crippen LogP contribution in [-0.4, -0.2) is 49.2 Å². The molecule has 1 unspecified atom stereocenters. The van der Waals surface area contributed by atoms with Crippen LogP contribution < -0.4 is 16.0 Å². The SMILES string of the molecule is Cc1oc2nc1C(=O)N[C@H](C)c1nc(cs1)C(=O)N[C@H](CC[S+](C)[O-])c1nc(cs1)C(=O)N[C@@H]2C. The highest BCUT2D eigenvalue weighted by molar-refractivity contribution is 7.90. The second-order valence-electron chi connectivity index (χ2n) is 8.08. The van der Waals surface area contributed by atoms with E-state index >= 15 is 0 Å². The fraction of sp³-hybridized carbons (Fsp3) is 0.429. The zero-order valence-corrected chi connectivity index (χ0v) is 21.9. The van der Waals surface area contributed by atoms with Crippen LogP contribution in [0.15, 0.2) is 15.2 Å². The van der Waals surface area contributed by atoms with Gasteiger partial charge in [0, 0.05) is 17.2 Å². The van der Waals surface area contributed by atoms with Gasteiger partial charge in [0.2, 0.25) is 5.89 Å². The molecule has 6 bridgehead atoms. The summed E-state index contributed by atoms with van der Waals surface area (Å²) in [6.07, 6.45) is 1.96. The Kier molecular flexibility index (Phi) is 7.54. The summed E-state index contributed by atoms with van der Waals surface area (Å²) in [5.74, 6) is -0.481. The van der Waals surface area contributed by atoms with E-state index in [1.165, 1.54) is 22.7 Å². The van der Waals surface area contributed by atoms with Gasteiger partial charge in [-0.1, -0.05) is 11.2 Å². The van der Waals surface area contributed by atoms with Gasteiger partial charge >= 0.3 is 0 Å². The lowest BCUT2D eigenvalue weighted by Crippen LogP contribution is -2.31. The first-order chi connectivity index (χ1) is 16.6. The van der Waals surface area contributed by atoms with Crippen LogP contribution in [0.3, 0.4) is 0 Å². The van der Waals surface area contributed by atoms with E-state index in [4.69, 9.17) is 4.42 Å². The fourth-order valence-electron chi connectivity index (χ4n) is 3.39. The third kappa shape index (κ3) is 5.72. The maximum absolute atomic E-state index is 13.0. The van der Waals surface area contributed by atoms with Crippen molar-refractivity contribution in [3.05, 3.63) is 49.5 Å². The van der Waals surface area contributed by atoms with Crippen molar-refractivity contribution in [1.29, 1.82) is 0 Å². The number of rotatable bonds is 3. The van der Waals surface area contributed by atoms with Crippen molar-refractivity contribution >= 4 is 51.6 Å². The van der Waals surface area contributed by atoms with Gasteiger partial charge in [-0.2, -0.15) is 0 Å². The summed E-state index contributed by atoms with van der Waals surface area (Å²) < 4.78 is 17.4. The van der Waals surface area contributed by atoms with Gasteiger partial charge in [0.25, 0.3) is 17.7 Å². The third-order valence-corrected chi connectivity index (χ3v) is 8.07. The number of aryl methyl sites for hydroxylation is 1. The number of thiazole rings is 2. The van der Waals surface area contributed by atoms with Crippen LogP contribution in [0.25, 0.3) is 0 Å². The number of carbonyl (C=O) groups is 3. The van der Waals surface area contributed by atoms with Crippen molar-refractivity contribution in [1.82, 2.24) is 30.9 Å². The average molecular weight is 537 g/mol. The lowest BCUT2D eigenvalue weighted by molar-refractivity contribution is 0.0924. The van der Waals surface area contributed by atoms with Gasteiger partial charge in [0.05, 0.1) is 18.3 Å². The molecule has 3 N–H and O–H groups in total. The zero-order valence-electron chi connectivity index (χ0n) is 19.4. The molecule has 14 heteroatoms. The van der Waals surface area contributed by atoms with Gasteiger partial charge in [0.1, 0.15) is 39.0 Å². The van der Waals surface area contributed by atoms with E-state index in [2.05, 4.69) is 30.9 Å². The van der Waals surface area contributed by atoms with Crippen LogP contribution in [0.5, 0.6) is 0 Å². The van der Waals surface area contributed by atoms with Crippen LogP contribution in [0.1, 0.15) is 91.5 Å². The summed E-state index contributed by atoms with van der Waals surface area (Å²) >= 11 is 1.40. The molecule has 11 nitrogen and oxygen atoms in total. The Labute approximate surface area is 212 Å². The number of aromatic nitrogens is 3. The zero-order chi connectivity index (χ0) is 25.3. The maximum atomic E-state index is 13.0. The van der Waals surface area contributed by atoms with E-state index in [9.17, 15) is 18.9 Å². The van der Waals surface area contributed by atoms with Gasteiger partial charge in [-0.15, -0.1) is 22.7 Å². The summed E-state index contributed by atoms with van der Waals surface area (Å²) in [4.78, 5) is 51.7. The normalized spacial score (nSPS) is 22.0. The van der Waals surface area contributed by atoms with Crippen LogP contribution >= 0.6 is 22.7 Å². The molecule has 3 amide bonds. The first-order valence-corrected chi connectivity index (χ1v) is 14.2. The predicted molar refractivity (Wildman–Crippen MR) is 131 cm³/mol. The van der Waals surface area contributed by atoms with Crippen LogP contribution in [0.4, 0.5) is 0 Å². The molecule has 3 aromatic heterocycles. The quantitative estimate of drug-likeness (QED) is 0.430. The number of carbonyl (C=O) groups excluding carboxylic acids is 3. The summed E-state index contributed by atoms with van der Waals surface area (Å²) in [6, 6.07) is -1.65. The topological polar surface area (TPSA) is 162 Å². The lowest BCUT2D eigenvalue weighted by atomic mass is 10.2. The molecule has 0 saturated heterocycles. The molecular weight excluding hydrogens is 512 g/mol. The van der Waals surface area contributed by atoms with E-state index in [0.717, 1.165) is 0 Å². The number of amides is 3. The van der Waals surface area contributed by atoms with E-state index in [1.54, 1.807) is 37.8 Å². The van der Waals surface area contributed by atoms with Crippen LogP contribution in [0, 0.1) is 6.92 Å². The molecule has 4 heterocycles. The molecule has 4 atom stereocenters. The molecule has 0 spiro atoms. The summed E-state index contributed by atoms with van der Waals surface area (Å²) in [7, 11) is 0. The maximum Gasteiger partial charge on any atom is 0.274 e. The number of hydrogen-bond donors (Lipinski definition) is 3. The number of oxazole rings is 1. The molecule has 0 radical (unpaired) electrons. The van der Waals surface area contributed by atoms with Gasteiger partial charge in [0.15, 0.2) is 5.69 Å². The van der Waals surface area contributed by atoms with E-state index < -0.39 is 47.0 Å². The Morgan fingerprint density at radius 3 is 2.23 bits per heavy atom. The molecule has 1 aliphatic heterocycles. The standard InChI is InChI=1S/C21H24N6O5S3/c1-9-19-27-15(11(3)32-19)18(30)23-10(2)20-25-14(7-33-20)17(29)24-12(5-6-35(4)31)21-26-13(8-34-21)16(28)22-9/h7-10,12H,5-6H2,1-4H3,(H,22,28)(H,23,30)(H,24,29)/t9-,10-,12-,35?/m1/s1. The minimum Gasteiger partial charge on any atom is -0.617 e. The minimum absolute atomic E-state index is 0.107. The highest BCUT2D eigenvalue weighted by Gasteiger charge is 2.27. The minimum atomic E-state index is -1.07. The van der Waals surface area contributed by atoms with Crippen molar-refractivity contribution < 1.29 is 23.4 Å². The molecule has 0 aromatic carbocycles. The lowest BCUT2D eigenvalue weighted by Gasteiger charge is -2.16. The fourth-order valence-corrected chi connectivity index (χ4v) is 5.65. The van der Waals surface area contributed by atoms with Gasteiger partial charge in [-0.3, -0.25) is 14.4 Å². The first kappa shape index (κ1) is 25.3.